The summed E-state index contributed by atoms with van der Waals surface area (Å²) in [6.45, 7) is 11.1. The maximum absolute atomic E-state index is 12.7. The van der Waals surface area contributed by atoms with Crippen LogP contribution in [-0.4, -0.2) is 47.7 Å². The van der Waals surface area contributed by atoms with E-state index in [0.29, 0.717) is 6.04 Å². The van der Waals surface area contributed by atoms with Crippen LogP contribution < -0.4 is 5.32 Å². The zero-order chi connectivity index (χ0) is 14.8. The largest absolute Gasteiger partial charge is 0.459 e. The van der Waals surface area contributed by atoms with E-state index in [1.165, 1.54) is 6.42 Å². The molecule has 20 heavy (non-hydrogen) atoms. The van der Waals surface area contributed by atoms with Crippen molar-refractivity contribution >= 4 is 5.97 Å². The first-order valence-electron chi connectivity index (χ1n) is 8.04. The van der Waals surface area contributed by atoms with Gasteiger partial charge < -0.3 is 10.1 Å². The average molecular weight is 282 g/mol. The first kappa shape index (κ1) is 15.8. The molecule has 1 N–H and O–H groups in total. The average Bonchev–Trinajstić information content (AvgIpc) is 2.38. The van der Waals surface area contributed by atoms with E-state index in [-0.39, 0.29) is 5.97 Å². The normalized spacial score (nSPS) is 30.2. The van der Waals surface area contributed by atoms with Gasteiger partial charge in [0.15, 0.2) is 0 Å². The molecule has 2 rings (SSSR count). The van der Waals surface area contributed by atoms with Gasteiger partial charge in [-0.3, -0.25) is 9.69 Å². The zero-order valence-corrected chi connectivity index (χ0v) is 13.5. The monoisotopic (exact) mass is 282 g/mol. The first-order valence-corrected chi connectivity index (χ1v) is 8.04. The molecule has 4 nitrogen and oxygen atoms in total. The number of nitrogens with zero attached hydrogens (tertiary/aromatic N) is 1. The second-order valence-electron chi connectivity index (χ2n) is 7.41. The number of rotatable bonds is 2. The van der Waals surface area contributed by atoms with E-state index in [0.717, 1.165) is 45.3 Å². The molecule has 2 heterocycles. The Bertz CT molecular complexity index is 345. The summed E-state index contributed by atoms with van der Waals surface area (Å²) < 4.78 is 5.71. The van der Waals surface area contributed by atoms with Crippen molar-refractivity contribution in [1.29, 1.82) is 0 Å². The summed E-state index contributed by atoms with van der Waals surface area (Å²) >= 11 is 0. The van der Waals surface area contributed by atoms with Crippen molar-refractivity contribution in [3.05, 3.63) is 0 Å². The fourth-order valence-electron chi connectivity index (χ4n) is 3.45. The predicted molar refractivity (Wildman–Crippen MR) is 80.7 cm³/mol. The van der Waals surface area contributed by atoms with Gasteiger partial charge in [0.2, 0.25) is 0 Å². The van der Waals surface area contributed by atoms with Crippen molar-refractivity contribution in [1.82, 2.24) is 10.2 Å². The molecule has 116 valence electrons. The molecule has 0 spiro atoms. The summed E-state index contributed by atoms with van der Waals surface area (Å²) in [4.78, 5) is 15.1. The number of esters is 1. The highest BCUT2D eigenvalue weighted by atomic mass is 16.6. The van der Waals surface area contributed by atoms with Crippen LogP contribution in [-0.2, 0) is 9.53 Å². The van der Waals surface area contributed by atoms with Gasteiger partial charge in [0.1, 0.15) is 11.1 Å². The number of carbonyl (C=O) groups is 1. The lowest BCUT2D eigenvalue weighted by Gasteiger charge is -2.48. The van der Waals surface area contributed by atoms with Gasteiger partial charge >= 0.3 is 5.97 Å². The van der Waals surface area contributed by atoms with Gasteiger partial charge in [-0.05, 0) is 79.4 Å². The molecular formula is C16H30N2O2. The Morgan fingerprint density at radius 1 is 1.25 bits per heavy atom. The molecule has 4 heteroatoms. The van der Waals surface area contributed by atoms with Gasteiger partial charge in [0.05, 0.1) is 0 Å². The lowest BCUT2D eigenvalue weighted by atomic mass is 9.85. The standard InChI is InChI=1S/C16H30N2O2/c1-15(2,3)20-14(19)16(4)9-5-6-12-18(16)13-7-10-17-11-8-13/h13,17H,5-12H2,1-4H3/t16-/m0/s1. The van der Waals surface area contributed by atoms with E-state index in [9.17, 15) is 4.79 Å². The molecule has 2 fully saturated rings. The summed E-state index contributed by atoms with van der Waals surface area (Å²) in [6, 6.07) is 0.522. The van der Waals surface area contributed by atoms with Gasteiger partial charge in [-0.25, -0.2) is 0 Å². The smallest absolute Gasteiger partial charge is 0.326 e. The molecule has 0 aromatic heterocycles. The Balaban J connectivity index is 2.13. The molecule has 0 aromatic carbocycles. The van der Waals surface area contributed by atoms with Crippen molar-refractivity contribution in [2.75, 3.05) is 19.6 Å². The second kappa shape index (κ2) is 6.02. The summed E-state index contributed by atoms with van der Waals surface area (Å²) in [5, 5.41) is 3.41. The number of likely N-dealkylation sites (tertiary alicyclic amines) is 1. The summed E-state index contributed by atoms with van der Waals surface area (Å²) in [5.74, 6) is -0.0387. The van der Waals surface area contributed by atoms with Gasteiger partial charge in [0.25, 0.3) is 0 Å². The molecule has 0 radical (unpaired) electrons. The highest BCUT2D eigenvalue weighted by molar-refractivity contribution is 5.81. The van der Waals surface area contributed by atoms with E-state index in [1.54, 1.807) is 0 Å². The van der Waals surface area contributed by atoms with E-state index < -0.39 is 11.1 Å². The van der Waals surface area contributed by atoms with Crippen molar-refractivity contribution in [2.24, 2.45) is 0 Å². The van der Waals surface area contributed by atoms with Crippen LogP contribution >= 0.6 is 0 Å². The third-order valence-corrected chi connectivity index (χ3v) is 4.53. The lowest BCUT2D eigenvalue weighted by molar-refractivity contribution is -0.174. The minimum absolute atomic E-state index is 0.0387. The Kier molecular flexibility index (Phi) is 4.75. The maximum atomic E-state index is 12.7. The van der Waals surface area contributed by atoms with Gasteiger partial charge in [-0.2, -0.15) is 0 Å². The van der Waals surface area contributed by atoms with Crippen molar-refractivity contribution in [2.45, 2.75) is 77.0 Å². The van der Waals surface area contributed by atoms with E-state index >= 15 is 0 Å². The van der Waals surface area contributed by atoms with Gasteiger partial charge in [-0.1, -0.05) is 0 Å². The first-order chi connectivity index (χ1) is 9.33. The van der Waals surface area contributed by atoms with Crippen molar-refractivity contribution in [3.8, 4) is 0 Å². The fraction of sp³-hybridized carbons (Fsp3) is 0.938. The Hall–Kier alpha value is -0.610. The molecule has 2 aliphatic rings. The third-order valence-electron chi connectivity index (χ3n) is 4.53. The Morgan fingerprint density at radius 2 is 1.90 bits per heavy atom. The molecule has 0 aliphatic carbocycles. The van der Waals surface area contributed by atoms with E-state index in [4.69, 9.17) is 4.74 Å². The Morgan fingerprint density at radius 3 is 2.50 bits per heavy atom. The van der Waals surface area contributed by atoms with Gasteiger partial charge in [0, 0.05) is 6.04 Å². The third kappa shape index (κ3) is 3.53. The molecule has 0 saturated carbocycles. The quantitative estimate of drug-likeness (QED) is 0.789. The van der Waals surface area contributed by atoms with E-state index in [2.05, 4.69) is 17.1 Å². The molecule has 2 saturated heterocycles. The van der Waals surface area contributed by atoms with Gasteiger partial charge in [-0.15, -0.1) is 0 Å². The van der Waals surface area contributed by atoms with Crippen molar-refractivity contribution < 1.29 is 9.53 Å². The number of piperidine rings is 2. The van der Waals surface area contributed by atoms with Crippen LogP contribution in [0.5, 0.6) is 0 Å². The zero-order valence-electron chi connectivity index (χ0n) is 13.5. The predicted octanol–water partition coefficient (Wildman–Crippen LogP) is 2.32. The second-order valence-corrected chi connectivity index (χ2v) is 7.41. The molecule has 0 aromatic rings. The Labute approximate surface area is 123 Å². The molecule has 0 amide bonds. The van der Waals surface area contributed by atoms with Crippen LogP contribution in [0.15, 0.2) is 0 Å². The number of hydrogen-bond donors (Lipinski definition) is 1. The van der Waals surface area contributed by atoms with Crippen LogP contribution in [0.2, 0.25) is 0 Å². The van der Waals surface area contributed by atoms with Crippen LogP contribution in [0.4, 0.5) is 0 Å². The van der Waals surface area contributed by atoms with Crippen LogP contribution in [0.3, 0.4) is 0 Å². The summed E-state index contributed by atoms with van der Waals surface area (Å²) in [5.41, 5.74) is -0.842. The summed E-state index contributed by atoms with van der Waals surface area (Å²) in [7, 11) is 0. The molecule has 2 aliphatic heterocycles. The minimum atomic E-state index is -0.437. The SMILES string of the molecule is CC(C)(C)OC(=O)[C@]1(C)CCCCN1C1CCNCC1. The highest BCUT2D eigenvalue weighted by Gasteiger charge is 2.46. The molecular weight excluding hydrogens is 252 g/mol. The minimum Gasteiger partial charge on any atom is -0.459 e. The van der Waals surface area contributed by atoms with Crippen LogP contribution in [0, 0.1) is 0 Å². The van der Waals surface area contributed by atoms with Crippen LogP contribution in [0.1, 0.15) is 59.8 Å². The van der Waals surface area contributed by atoms with Crippen LogP contribution in [0.25, 0.3) is 0 Å². The van der Waals surface area contributed by atoms with Crippen molar-refractivity contribution in [3.63, 3.8) is 0 Å². The highest BCUT2D eigenvalue weighted by Crippen LogP contribution is 2.34. The molecule has 1 atom stereocenters. The topological polar surface area (TPSA) is 41.6 Å². The molecule has 0 unspecified atom stereocenters. The number of ether oxygens (including phenoxy) is 1. The summed E-state index contributed by atoms with van der Waals surface area (Å²) in [6.07, 6.45) is 5.52. The fourth-order valence-corrected chi connectivity index (χ4v) is 3.45. The maximum Gasteiger partial charge on any atom is 0.326 e. The number of hydrogen-bond acceptors (Lipinski definition) is 4. The van der Waals surface area contributed by atoms with E-state index in [1.807, 2.05) is 20.8 Å². The lowest BCUT2D eigenvalue weighted by Crippen LogP contribution is -2.61. The number of nitrogens with one attached hydrogen (secondary N) is 1. The number of carbonyl (C=O) groups excluding carboxylic acids is 1. The molecule has 0 bridgehead atoms.